The van der Waals surface area contributed by atoms with Crippen molar-refractivity contribution in [1.82, 2.24) is 9.80 Å². The molecule has 1 aromatic rings. The minimum absolute atomic E-state index is 0.200. The van der Waals surface area contributed by atoms with Gasteiger partial charge in [0.05, 0.1) is 0 Å². The third-order valence-electron chi connectivity index (χ3n) is 5.74. The van der Waals surface area contributed by atoms with E-state index in [-0.39, 0.29) is 5.54 Å². The molecule has 21 heavy (non-hydrogen) atoms. The Balaban J connectivity index is 1.74. The predicted octanol–water partition coefficient (Wildman–Crippen LogP) is 1.90. The van der Waals surface area contributed by atoms with Crippen molar-refractivity contribution < 1.29 is 0 Å². The van der Waals surface area contributed by atoms with Gasteiger partial charge in [-0.05, 0) is 57.3 Å². The molecular formula is C18H29N3. The smallest absolute Gasteiger partial charge is 0.0375 e. The summed E-state index contributed by atoms with van der Waals surface area (Å²) in [6.07, 6.45) is 6.08. The molecule has 0 saturated carbocycles. The summed E-state index contributed by atoms with van der Waals surface area (Å²) >= 11 is 0. The topological polar surface area (TPSA) is 32.5 Å². The average Bonchev–Trinajstić information content (AvgIpc) is 2.54. The van der Waals surface area contributed by atoms with Crippen molar-refractivity contribution >= 4 is 0 Å². The van der Waals surface area contributed by atoms with Gasteiger partial charge in [-0.3, -0.25) is 4.90 Å². The molecule has 0 radical (unpaired) electrons. The molecule has 2 N–H and O–H groups in total. The summed E-state index contributed by atoms with van der Waals surface area (Å²) in [5.74, 6) is 0. The molecule has 3 rings (SSSR count). The molecule has 1 aliphatic carbocycles. The zero-order chi connectivity index (χ0) is 14.9. The number of nitrogens with zero attached hydrogens (tertiary/aromatic N) is 2. The zero-order valence-corrected chi connectivity index (χ0v) is 13.5. The molecule has 0 spiro atoms. The molecule has 1 atom stereocenters. The van der Waals surface area contributed by atoms with Crippen LogP contribution in [0.1, 0.15) is 30.4 Å². The second-order valence-electron chi connectivity index (χ2n) is 7.06. The number of hydrogen-bond acceptors (Lipinski definition) is 3. The van der Waals surface area contributed by atoms with Crippen LogP contribution in [-0.2, 0) is 12.8 Å². The molecule has 1 aromatic carbocycles. The summed E-state index contributed by atoms with van der Waals surface area (Å²) in [7, 11) is 4.41. The van der Waals surface area contributed by atoms with Gasteiger partial charge in [-0.15, -0.1) is 0 Å². The molecule has 1 heterocycles. The number of likely N-dealkylation sites (tertiary alicyclic amines) is 1. The molecule has 1 saturated heterocycles. The Hall–Kier alpha value is -0.900. The molecule has 0 bridgehead atoms. The fourth-order valence-corrected chi connectivity index (χ4v) is 4.21. The van der Waals surface area contributed by atoms with Crippen LogP contribution in [-0.4, -0.2) is 55.1 Å². The summed E-state index contributed by atoms with van der Waals surface area (Å²) in [5.41, 5.74) is 9.52. The highest BCUT2D eigenvalue weighted by Crippen LogP contribution is 2.34. The van der Waals surface area contributed by atoms with Gasteiger partial charge >= 0.3 is 0 Å². The van der Waals surface area contributed by atoms with Crippen LogP contribution in [0.15, 0.2) is 24.3 Å². The molecule has 1 unspecified atom stereocenters. The van der Waals surface area contributed by atoms with Crippen LogP contribution in [0.25, 0.3) is 0 Å². The van der Waals surface area contributed by atoms with Gasteiger partial charge in [-0.1, -0.05) is 24.3 Å². The van der Waals surface area contributed by atoms with Gasteiger partial charge in [-0.25, -0.2) is 0 Å². The zero-order valence-electron chi connectivity index (χ0n) is 13.5. The summed E-state index contributed by atoms with van der Waals surface area (Å²) in [5, 5.41) is 0. The third-order valence-corrected chi connectivity index (χ3v) is 5.74. The standard InChI is InChI=1S/C18H29N3/c1-20(2)17-8-11-21(12-9-17)18(14-19)10-7-15-5-3-4-6-16(15)13-18/h3-6,17H,7-14,19H2,1-2H3. The quantitative estimate of drug-likeness (QED) is 0.921. The molecule has 3 heteroatoms. The van der Waals surface area contributed by atoms with E-state index in [1.165, 1.54) is 49.9 Å². The number of fused-ring (bicyclic) bond motifs is 1. The van der Waals surface area contributed by atoms with E-state index in [0.29, 0.717) is 0 Å². The van der Waals surface area contributed by atoms with Gasteiger partial charge in [-0.2, -0.15) is 0 Å². The van der Waals surface area contributed by atoms with E-state index in [2.05, 4.69) is 48.2 Å². The average molecular weight is 287 g/mol. The highest BCUT2D eigenvalue weighted by molar-refractivity contribution is 5.32. The Bertz CT molecular complexity index is 477. The Labute approximate surface area is 129 Å². The largest absolute Gasteiger partial charge is 0.329 e. The Morgan fingerprint density at radius 2 is 1.86 bits per heavy atom. The van der Waals surface area contributed by atoms with Crippen LogP contribution < -0.4 is 5.73 Å². The van der Waals surface area contributed by atoms with E-state index in [9.17, 15) is 0 Å². The maximum Gasteiger partial charge on any atom is 0.0375 e. The monoisotopic (exact) mass is 287 g/mol. The van der Waals surface area contributed by atoms with Crippen molar-refractivity contribution in [1.29, 1.82) is 0 Å². The minimum atomic E-state index is 0.200. The van der Waals surface area contributed by atoms with Gasteiger partial charge in [0.25, 0.3) is 0 Å². The van der Waals surface area contributed by atoms with Crippen LogP contribution in [0.3, 0.4) is 0 Å². The van der Waals surface area contributed by atoms with E-state index >= 15 is 0 Å². The molecule has 1 fully saturated rings. The summed E-state index contributed by atoms with van der Waals surface area (Å²) in [4.78, 5) is 5.07. The minimum Gasteiger partial charge on any atom is -0.329 e. The van der Waals surface area contributed by atoms with Crippen molar-refractivity contribution in [3.05, 3.63) is 35.4 Å². The lowest BCUT2D eigenvalue weighted by molar-refractivity contribution is 0.0354. The molecule has 2 aliphatic rings. The second-order valence-corrected chi connectivity index (χ2v) is 7.06. The van der Waals surface area contributed by atoms with Crippen LogP contribution in [0.4, 0.5) is 0 Å². The van der Waals surface area contributed by atoms with Gasteiger partial charge in [0.1, 0.15) is 0 Å². The van der Waals surface area contributed by atoms with Crippen molar-refractivity contribution in [2.45, 2.75) is 43.7 Å². The van der Waals surface area contributed by atoms with Crippen molar-refractivity contribution in [2.24, 2.45) is 5.73 Å². The molecule has 0 amide bonds. The van der Waals surface area contributed by atoms with Crippen molar-refractivity contribution in [3.63, 3.8) is 0 Å². The molecular weight excluding hydrogens is 258 g/mol. The number of hydrogen-bond donors (Lipinski definition) is 1. The first-order valence-corrected chi connectivity index (χ1v) is 8.33. The Morgan fingerprint density at radius 1 is 1.19 bits per heavy atom. The number of rotatable bonds is 3. The van der Waals surface area contributed by atoms with Gasteiger partial charge in [0.2, 0.25) is 0 Å². The number of piperidine rings is 1. The molecule has 0 aromatic heterocycles. The highest BCUT2D eigenvalue weighted by Gasteiger charge is 2.40. The SMILES string of the molecule is CN(C)C1CCN(C2(CN)CCc3ccccc3C2)CC1. The molecule has 116 valence electrons. The normalized spacial score (nSPS) is 27.8. The van der Waals surface area contributed by atoms with Gasteiger partial charge in [0, 0.05) is 31.2 Å². The van der Waals surface area contributed by atoms with E-state index in [1.807, 2.05) is 0 Å². The maximum atomic E-state index is 6.27. The first kappa shape index (κ1) is 15.0. The third kappa shape index (κ3) is 2.87. The van der Waals surface area contributed by atoms with Gasteiger partial charge < -0.3 is 10.6 Å². The number of nitrogens with two attached hydrogens (primary N) is 1. The highest BCUT2D eigenvalue weighted by atomic mass is 15.2. The maximum absolute atomic E-state index is 6.27. The van der Waals surface area contributed by atoms with E-state index in [0.717, 1.165) is 19.0 Å². The summed E-state index contributed by atoms with van der Waals surface area (Å²) in [6, 6.07) is 9.66. The van der Waals surface area contributed by atoms with E-state index in [4.69, 9.17) is 5.73 Å². The molecule has 3 nitrogen and oxygen atoms in total. The summed E-state index contributed by atoms with van der Waals surface area (Å²) in [6.45, 7) is 3.18. The Morgan fingerprint density at radius 3 is 2.48 bits per heavy atom. The van der Waals surface area contributed by atoms with E-state index < -0.39 is 0 Å². The lowest BCUT2D eigenvalue weighted by Crippen LogP contribution is -2.60. The van der Waals surface area contributed by atoms with Crippen molar-refractivity contribution in [2.75, 3.05) is 33.7 Å². The lowest BCUT2D eigenvalue weighted by Gasteiger charge is -2.49. The van der Waals surface area contributed by atoms with Gasteiger partial charge in [0.15, 0.2) is 0 Å². The van der Waals surface area contributed by atoms with Crippen molar-refractivity contribution in [3.8, 4) is 0 Å². The number of aryl methyl sites for hydroxylation is 1. The molecule has 1 aliphatic heterocycles. The predicted molar refractivity (Wildman–Crippen MR) is 88.5 cm³/mol. The fourth-order valence-electron chi connectivity index (χ4n) is 4.21. The second kappa shape index (κ2) is 6.07. The summed E-state index contributed by atoms with van der Waals surface area (Å²) < 4.78 is 0. The van der Waals surface area contributed by atoms with Crippen LogP contribution in [0.2, 0.25) is 0 Å². The first-order chi connectivity index (χ1) is 10.1. The van der Waals surface area contributed by atoms with Crippen LogP contribution in [0.5, 0.6) is 0 Å². The first-order valence-electron chi connectivity index (χ1n) is 8.33. The number of benzene rings is 1. The Kier molecular flexibility index (Phi) is 4.34. The lowest BCUT2D eigenvalue weighted by atomic mass is 9.76. The van der Waals surface area contributed by atoms with Crippen LogP contribution >= 0.6 is 0 Å². The van der Waals surface area contributed by atoms with E-state index in [1.54, 1.807) is 0 Å². The van der Waals surface area contributed by atoms with Crippen LogP contribution in [0, 0.1) is 0 Å². The fraction of sp³-hybridized carbons (Fsp3) is 0.667.